The molecule has 1 heterocycles. The summed E-state index contributed by atoms with van der Waals surface area (Å²) in [5, 5.41) is 5.90. The molecule has 1 aliphatic rings. The molecule has 1 aromatic rings. The van der Waals surface area contributed by atoms with Crippen molar-refractivity contribution < 1.29 is 14.3 Å². The highest BCUT2D eigenvalue weighted by molar-refractivity contribution is 5.86. The number of esters is 1. The van der Waals surface area contributed by atoms with Crippen LogP contribution >= 0.6 is 0 Å². The Hall–Kier alpha value is -1.88. The van der Waals surface area contributed by atoms with Gasteiger partial charge in [0.1, 0.15) is 0 Å². The van der Waals surface area contributed by atoms with Crippen molar-refractivity contribution in [1.29, 1.82) is 0 Å². The third kappa shape index (κ3) is 3.32. The Morgan fingerprint density at radius 1 is 1.37 bits per heavy atom. The van der Waals surface area contributed by atoms with Crippen LogP contribution in [0.3, 0.4) is 0 Å². The van der Waals surface area contributed by atoms with E-state index in [-0.39, 0.29) is 11.8 Å². The third-order valence-electron chi connectivity index (χ3n) is 3.29. The fourth-order valence-corrected chi connectivity index (χ4v) is 2.18. The van der Waals surface area contributed by atoms with Gasteiger partial charge in [0.2, 0.25) is 5.91 Å². The van der Waals surface area contributed by atoms with Crippen molar-refractivity contribution in [3.63, 3.8) is 0 Å². The van der Waals surface area contributed by atoms with E-state index in [0.29, 0.717) is 6.54 Å². The van der Waals surface area contributed by atoms with Gasteiger partial charge >= 0.3 is 5.97 Å². The number of benzene rings is 1. The Labute approximate surface area is 112 Å². The minimum Gasteiger partial charge on any atom is -0.467 e. The fourth-order valence-electron chi connectivity index (χ4n) is 2.18. The molecule has 5 heteroatoms. The van der Waals surface area contributed by atoms with E-state index in [2.05, 4.69) is 10.6 Å². The van der Waals surface area contributed by atoms with Gasteiger partial charge in [-0.25, -0.2) is 4.79 Å². The van der Waals surface area contributed by atoms with Crippen LogP contribution in [0.2, 0.25) is 0 Å². The number of methoxy groups -OCH3 is 1. The molecule has 19 heavy (non-hydrogen) atoms. The number of amides is 1. The minimum absolute atomic E-state index is 0.0733. The van der Waals surface area contributed by atoms with Crippen LogP contribution in [0.15, 0.2) is 30.3 Å². The summed E-state index contributed by atoms with van der Waals surface area (Å²) in [7, 11) is 1.32. The summed E-state index contributed by atoms with van der Waals surface area (Å²) < 4.78 is 4.76. The summed E-state index contributed by atoms with van der Waals surface area (Å²) in [5.74, 6) is -0.634. The molecule has 0 spiro atoms. The zero-order valence-electron chi connectivity index (χ0n) is 10.9. The lowest BCUT2D eigenvalue weighted by atomic mass is 10.0. The molecule has 2 atom stereocenters. The van der Waals surface area contributed by atoms with E-state index in [9.17, 15) is 9.59 Å². The Morgan fingerprint density at radius 3 is 2.68 bits per heavy atom. The molecule has 1 aliphatic heterocycles. The number of carbonyl (C=O) groups is 2. The van der Waals surface area contributed by atoms with Gasteiger partial charge in [-0.3, -0.25) is 4.79 Å². The topological polar surface area (TPSA) is 67.4 Å². The lowest BCUT2D eigenvalue weighted by Gasteiger charge is -2.18. The van der Waals surface area contributed by atoms with Gasteiger partial charge in [0.05, 0.1) is 13.0 Å². The van der Waals surface area contributed by atoms with E-state index in [1.807, 2.05) is 18.2 Å². The van der Waals surface area contributed by atoms with Gasteiger partial charge in [0.15, 0.2) is 6.04 Å². The number of nitrogens with one attached hydrogen (secondary N) is 2. The third-order valence-corrected chi connectivity index (χ3v) is 3.29. The molecule has 1 unspecified atom stereocenters. The van der Waals surface area contributed by atoms with Gasteiger partial charge in [-0.05, 0) is 18.5 Å². The number of rotatable bonds is 4. The zero-order valence-corrected chi connectivity index (χ0v) is 10.9. The molecule has 1 amide bonds. The quantitative estimate of drug-likeness (QED) is 0.781. The molecule has 0 aromatic heterocycles. The second-order valence-electron chi connectivity index (χ2n) is 4.57. The first-order valence-electron chi connectivity index (χ1n) is 6.36. The molecular formula is C14H18N2O3. The lowest BCUT2D eigenvalue weighted by Crippen LogP contribution is -2.38. The average Bonchev–Trinajstić information content (AvgIpc) is 2.99. The van der Waals surface area contributed by atoms with Crippen molar-refractivity contribution in [3.05, 3.63) is 35.9 Å². The van der Waals surface area contributed by atoms with Crippen molar-refractivity contribution in [2.24, 2.45) is 5.92 Å². The van der Waals surface area contributed by atoms with Crippen molar-refractivity contribution in [2.75, 3.05) is 20.2 Å². The minimum atomic E-state index is -0.737. The van der Waals surface area contributed by atoms with Crippen molar-refractivity contribution in [1.82, 2.24) is 10.6 Å². The van der Waals surface area contributed by atoms with Crippen LogP contribution in [-0.2, 0) is 14.3 Å². The molecule has 0 radical (unpaired) electrons. The van der Waals surface area contributed by atoms with Gasteiger partial charge in [0, 0.05) is 6.54 Å². The number of ether oxygens (including phenoxy) is 1. The Balaban J connectivity index is 2.10. The predicted octanol–water partition coefficient (Wildman–Crippen LogP) is 0.626. The second kappa shape index (κ2) is 6.33. The standard InChI is InChI=1S/C14H18N2O3/c1-19-14(18)12(10-5-3-2-4-6-10)16-13(17)11-7-8-15-9-11/h2-6,11-12,15H,7-9H2,1H3,(H,16,17)/t11?,12-/m1/s1. The van der Waals surface area contributed by atoms with E-state index in [0.717, 1.165) is 18.5 Å². The van der Waals surface area contributed by atoms with Crippen LogP contribution in [0, 0.1) is 5.92 Å². The Morgan fingerprint density at radius 2 is 2.11 bits per heavy atom. The summed E-state index contributed by atoms with van der Waals surface area (Å²) in [6.07, 6.45) is 0.800. The van der Waals surface area contributed by atoms with Gasteiger partial charge < -0.3 is 15.4 Å². The van der Waals surface area contributed by atoms with E-state index >= 15 is 0 Å². The lowest BCUT2D eigenvalue weighted by molar-refractivity contribution is -0.145. The maximum absolute atomic E-state index is 12.1. The predicted molar refractivity (Wildman–Crippen MR) is 70.3 cm³/mol. The molecule has 2 rings (SSSR count). The zero-order chi connectivity index (χ0) is 13.7. The molecule has 1 fully saturated rings. The molecule has 2 N–H and O–H groups in total. The summed E-state index contributed by atoms with van der Waals surface area (Å²) in [6.45, 7) is 1.50. The van der Waals surface area contributed by atoms with Gasteiger partial charge in [-0.2, -0.15) is 0 Å². The monoisotopic (exact) mass is 262 g/mol. The van der Waals surface area contributed by atoms with Crippen LogP contribution < -0.4 is 10.6 Å². The van der Waals surface area contributed by atoms with Crippen LogP contribution in [0.5, 0.6) is 0 Å². The normalized spacial score (nSPS) is 19.7. The first kappa shape index (κ1) is 13.5. The molecular weight excluding hydrogens is 244 g/mol. The summed E-state index contributed by atoms with van der Waals surface area (Å²) >= 11 is 0. The van der Waals surface area contributed by atoms with Gasteiger partial charge in [-0.15, -0.1) is 0 Å². The number of hydrogen-bond acceptors (Lipinski definition) is 4. The van der Waals surface area contributed by atoms with E-state index in [4.69, 9.17) is 4.74 Å². The van der Waals surface area contributed by atoms with Crippen LogP contribution in [0.4, 0.5) is 0 Å². The van der Waals surface area contributed by atoms with Crippen LogP contribution in [0.25, 0.3) is 0 Å². The summed E-state index contributed by atoms with van der Waals surface area (Å²) in [5.41, 5.74) is 0.730. The highest BCUT2D eigenvalue weighted by atomic mass is 16.5. The van der Waals surface area contributed by atoms with E-state index in [1.54, 1.807) is 12.1 Å². The highest BCUT2D eigenvalue weighted by Crippen LogP contribution is 2.16. The Kier molecular flexibility index (Phi) is 4.52. The smallest absolute Gasteiger partial charge is 0.333 e. The maximum Gasteiger partial charge on any atom is 0.333 e. The first-order chi connectivity index (χ1) is 9.22. The molecule has 1 saturated heterocycles. The molecule has 5 nitrogen and oxygen atoms in total. The Bertz CT molecular complexity index is 441. The van der Waals surface area contributed by atoms with Crippen molar-refractivity contribution >= 4 is 11.9 Å². The molecule has 0 bridgehead atoms. The SMILES string of the molecule is COC(=O)[C@H](NC(=O)C1CCNC1)c1ccccc1. The molecule has 1 aromatic carbocycles. The average molecular weight is 262 g/mol. The van der Waals surface area contributed by atoms with Gasteiger partial charge in [0.25, 0.3) is 0 Å². The van der Waals surface area contributed by atoms with Crippen molar-refractivity contribution in [3.8, 4) is 0 Å². The van der Waals surface area contributed by atoms with Crippen molar-refractivity contribution in [2.45, 2.75) is 12.5 Å². The largest absolute Gasteiger partial charge is 0.467 e. The maximum atomic E-state index is 12.1. The summed E-state index contributed by atoms with van der Waals surface area (Å²) in [6, 6.07) is 8.38. The number of hydrogen-bond donors (Lipinski definition) is 2. The summed E-state index contributed by atoms with van der Waals surface area (Å²) in [4.78, 5) is 23.9. The second-order valence-corrected chi connectivity index (χ2v) is 4.57. The first-order valence-corrected chi connectivity index (χ1v) is 6.36. The van der Waals surface area contributed by atoms with E-state index < -0.39 is 12.0 Å². The van der Waals surface area contributed by atoms with Crippen LogP contribution in [-0.4, -0.2) is 32.1 Å². The highest BCUT2D eigenvalue weighted by Gasteiger charge is 2.28. The van der Waals surface area contributed by atoms with E-state index in [1.165, 1.54) is 7.11 Å². The fraction of sp³-hybridized carbons (Fsp3) is 0.429. The molecule has 0 saturated carbocycles. The molecule has 0 aliphatic carbocycles. The number of carbonyl (C=O) groups excluding carboxylic acids is 2. The molecule has 102 valence electrons. The van der Waals surface area contributed by atoms with Crippen LogP contribution in [0.1, 0.15) is 18.0 Å². The van der Waals surface area contributed by atoms with Gasteiger partial charge in [-0.1, -0.05) is 30.3 Å².